The summed E-state index contributed by atoms with van der Waals surface area (Å²) in [6.07, 6.45) is -0.324. The summed E-state index contributed by atoms with van der Waals surface area (Å²) >= 11 is 0. The summed E-state index contributed by atoms with van der Waals surface area (Å²) in [5, 5.41) is 66.0. The molecule has 1 heterocycles. The Hall–Kier alpha value is -5.21. The van der Waals surface area contributed by atoms with Crippen molar-refractivity contribution in [2.75, 3.05) is 0 Å². The molecule has 0 amide bonds. The molecule has 2 fully saturated rings. The number of aliphatic hydroxyl groups is 5. The summed E-state index contributed by atoms with van der Waals surface area (Å²) in [5.74, 6) is -3.08. The Morgan fingerprint density at radius 3 is 2.29 bits per heavy atom. The van der Waals surface area contributed by atoms with Gasteiger partial charge < -0.3 is 44.8 Å². The van der Waals surface area contributed by atoms with Crippen LogP contribution in [0.25, 0.3) is 12.2 Å². The van der Waals surface area contributed by atoms with Crippen molar-refractivity contribution in [3.63, 3.8) is 0 Å². The third-order valence-electron chi connectivity index (χ3n) is 10.9. The number of rotatable bonds is 9. The van der Waals surface area contributed by atoms with E-state index in [4.69, 9.17) is 14.2 Å². The van der Waals surface area contributed by atoms with Gasteiger partial charge >= 0.3 is 5.97 Å². The van der Waals surface area contributed by atoms with Gasteiger partial charge in [-0.15, -0.1) is 0 Å². The van der Waals surface area contributed by atoms with Crippen LogP contribution in [-0.4, -0.2) is 78.9 Å². The zero-order valence-electron chi connectivity index (χ0n) is 31.0. The van der Waals surface area contributed by atoms with E-state index in [1.165, 1.54) is 32.1 Å². The van der Waals surface area contributed by atoms with E-state index in [9.17, 15) is 45.0 Å². The Bertz CT molecular complexity index is 2200. The second-order valence-electron chi connectivity index (χ2n) is 14.7. The normalized spacial score (nSPS) is 23.1. The number of hydrogen-bond acceptors (Lipinski definition) is 12. The molecule has 7 rings (SSSR count). The van der Waals surface area contributed by atoms with Gasteiger partial charge in [-0.25, -0.2) is 0 Å². The van der Waals surface area contributed by atoms with Crippen LogP contribution in [0.3, 0.4) is 0 Å². The first-order chi connectivity index (χ1) is 26.8. The first-order valence-corrected chi connectivity index (χ1v) is 18.7. The van der Waals surface area contributed by atoms with Crippen molar-refractivity contribution in [2.45, 2.75) is 95.3 Å². The number of esters is 1. The van der Waals surface area contributed by atoms with Crippen molar-refractivity contribution in [2.24, 2.45) is 0 Å². The first kappa shape index (κ1) is 39.0. The highest BCUT2D eigenvalue weighted by molar-refractivity contribution is 6.31. The molecule has 1 saturated heterocycles. The molecule has 0 spiro atoms. The van der Waals surface area contributed by atoms with Crippen molar-refractivity contribution in [3.8, 4) is 17.2 Å². The average molecular weight is 765 g/mol. The van der Waals surface area contributed by atoms with Gasteiger partial charge in [0.2, 0.25) is 6.29 Å². The third-order valence-corrected chi connectivity index (χ3v) is 10.9. The predicted octanol–water partition coefficient (Wildman–Crippen LogP) is 4.70. The van der Waals surface area contributed by atoms with Gasteiger partial charge in [-0.2, -0.15) is 0 Å². The number of ether oxygens (including phenoxy) is 3. The smallest absolute Gasteiger partial charge is 0.308 e. The standard InChI is InChI=1S/C44H44O12/c1-23-37(47)41(51)42(52)43(54-23)56-33-21-31-36(38(48)30(33)19-26-12-9-13-28(18-26)44(53)16-7-4-8-17-44)40(50)34-27(22-45)20-32(55-24(2)46)29(35(34)39(31)49)15-14-25-10-5-3-6-11-25/h3,5-6,9-15,18,20-21,23,37,41-43,45,47-48,51-53H,4,7-8,16-17,19,22H2,1-2H3. The second kappa shape index (κ2) is 15.7. The number of phenols is 1. The summed E-state index contributed by atoms with van der Waals surface area (Å²) in [4.78, 5) is 41.7. The Morgan fingerprint density at radius 2 is 1.59 bits per heavy atom. The summed E-state index contributed by atoms with van der Waals surface area (Å²) in [5.41, 5.74) is 0.149. The topological polar surface area (TPSA) is 200 Å². The van der Waals surface area contributed by atoms with E-state index in [2.05, 4.69) is 0 Å². The van der Waals surface area contributed by atoms with Gasteiger partial charge in [-0.1, -0.05) is 79.9 Å². The minimum absolute atomic E-state index is 0.00734. The first-order valence-electron chi connectivity index (χ1n) is 18.7. The molecule has 1 aliphatic heterocycles. The summed E-state index contributed by atoms with van der Waals surface area (Å²) in [6.45, 7) is 1.95. The largest absolute Gasteiger partial charge is 0.507 e. The molecule has 4 aromatic rings. The zero-order valence-corrected chi connectivity index (χ0v) is 31.0. The molecular weight excluding hydrogens is 720 g/mol. The monoisotopic (exact) mass is 764 g/mol. The number of carbonyl (C=O) groups is 3. The van der Waals surface area contributed by atoms with Gasteiger partial charge in [0, 0.05) is 41.2 Å². The quantitative estimate of drug-likeness (QED) is 0.0688. The number of carbonyl (C=O) groups excluding carboxylic acids is 3. The maximum atomic E-state index is 14.8. The van der Waals surface area contributed by atoms with E-state index in [1.807, 2.05) is 42.5 Å². The number of aromatic hydroxyl groups is 1. The molecule has 1 saturated carbocycles. The SMILES string of the molecule is CC(=O)Oc1cc(CO)c2c(c1C=Cc1ccccc1)C(=O)c1cc(OC3OC(C)C(O)C(O)C3O)c(Cc3cccc(C4(O)CCCCC4)c3)c(O)c1C2=O. The van der Waals surface area contributed by atoms with E-state index in [1.54, 1.807) is 18.2 Å². The molecule has 12 heteroatoms. The number of phenolic OH excluding ortho intramolecular Hbond substituents is 1. The summed E-state index contributed by atoms with van der Waals surface area (Å²) in [7, 11) is 0. The maximum Gasteiger partial charge on any atom is 0.308 e. The van der Waals surface area contributed by atoms with Gasteiger partial charge in [0.05, 0.1) is 23.9 Å². The lowest BCUT2D eigenvalue weighted by atomic mass is 9.77. The van der Waals surface area contributed by atoms with Gasteiger partial charge in [0.1, 0.15) is 35.6 Å². The van der Waals surface area contributed by atoms with Crippen molar-refractivity contribution >= 4 is 29.7 Å². The highest BCUT2D eigenvalue weighted by Gasteiger charge is 2.45. The van der Waals surface area contributed by atoms with Crippen molar-refractivity contribution in [3.05, 3.63) is 122 Å². The molecule has 4 aromatic carbocycles. The van der Waals surface area contributed by atoms with Crippen LogP contribution in [0, 0.1) is 0 Å². The molecule has 12 nitrogen and oxygen atoms in total. The minimum atomic E-state index is -1.75. The minimum Gasteiger partial charge on any atom is -0.507 e. The van der Waals surface area contributed by atoms with E-state index in [0.717, 1.165) is 24.8 Å². The molecule has 3 aliphatic rings. The van der Waals surface area contributed by atoms with Gasteiger partial charge in [0.25, 0.3) is 0 Å². The fraction of sp³-hybridized carbons (Fsp3) is 0.341. The van der Waals surface area contributed by atoms with Gasteiger partial charge in [-0.3, -0.25) is 14.4 Å². The van der Waals surface area contributed by atoms with Crippen molar-refractivity contribution in [1.29, 1.82) is 0 Å². The van der Waals surface area contributed by atoms with Crippen LogP contribution in [0.2, 0.25) is 0 Å². The van der Waals surface area contributed by atoms with E-state index in [0.29, 0.717) is 24.0 Å². The van der Waals surface area contributed by atoms with Crippen LogP contribution in [-0.2, 0) is 28.2 Å². The van der Waals surface area contributed by atoms with Crippen LogP contribution in [0.5, 0.6) is 17.2 Å². The molecule has 2 aliphatic carbocycles. The molecule has 6 N–H and O–H groups in total. The number of aliphatic hydroxyl groups excluding tert-OH is 4. The molecule has 56 heavy (non-hydrogen) atoms. The fourth-order valence-electron chi connectivity index (χ4n) is 7.96. The van der Waals surface area contributed by atoms with Gasteiger partial charge in [-0.05, 0) is 60.2 Å². The molecule has 292 valence electrons. The van der Waals surface area contributed by atoms with Gasteiger partial charge in [0.15, 0.2) is 11.6 Å². The lowest BCUT2D eigenvalue weighted by molar-refractivity contribution is -0.268. The molecule has 0 bridgehead atoms. The Labute approximate surface area is 323 Å². The predicted molar refractivity (Wildman–Crippen MR) is 203 cm³/mol. The van der Waals surface area contributed by atoms with Crippen LogP contribution in [0.15, 0.2) is 66.7 Å². The number of hydrogen-bond donors (Lipinski definition) is 6. The molecule has 5 unspecified atom stereocenters. The van der Waals surface area contributed by atoms with E-state index in [-0.39, 0.29) is 56.9 Å². The summed E-state index contributed by atoms with van der Waals surface area (Å²) in [6, 6.07) is 18.9. The summed E-state index contributed by atoms with van der Waals surface area (Å²) < 4.78 is 17.4. The fourth-order valence-corrected chi connectivity index (χ4v) is 7.96. The molecule has 0 radical (unpaired) electrons. The van der Waals surface area contributed by atoms with Crippen LogP contribution >= 0.6 is 0 Å². The number of ketones is 2. The highest BCUT2D eigenvalue weighted by atomic mass is 16.7. The van der Waals surface area contributed by atoms with Crippen LogP contribution in [0.4, 0.5) is 0 Å². The lowest BCUT2D eigenvalue weighted by Crippen LogP contribution is -2.58. The number of benzene rings is 4. The maximum absolute atomic E-state index is 14.8. The molecule has 0 aromatic heterocycles. The third kappa shape index (κ3) is 7.27. The van der Waals surface area contributed by atoms with Crippen LogP contribution in [0.1, 0.15) is 111 Å². The van der Waals surface area contributed by atoms with Crippen LogP contribution < -0.4 is 9.47 Å². The van der Waals surface area contributed by atoms with Crippen molar-refractivity contribution < 1.29 is 59.2 Å². The Morgan fingerprint density at radius 1 is 0.857 bits per heavy atom. The zero-order chi connectivity index (χ0) is 39.9. The number of fused-ring (bicyclic) bond motifs is 2. The Balaban J connectivity index is 1.40. The van der Waals surface area contributed by atoms with E-state index < -0.39 is 66.2 Å². The van der Waals surface area contributed by atoms with Crippen molar-refractivity contribution in [1.82, 2.24) is 0 Å². The lowest BCUT2D eigenvalue weighted by Gasteiger charge is -2.39. The molecular formula is C44H44O12. The Kier molecular flexibility index (Phi) is 11.0. The average Bonchev–Trinajstić information content (AvgIpc) is 3.19. The molecule has 5 atom stereocenters. The second-order valence-corrected chi connectivity index (χ2v) is 14.7. The highest BCUT2D eigenvalue weighted by Crippen LogP contribution is 2.46. The van der Waals surface area contributed by atoms with E-state index >= 15 is 0 Å².